The van der Waals surface area contributed by atoms with Gasteiger partial charge in [0.05, 0.1) is 11.2 Å². The average molecular weight is 364 g/mol. The van der Waals surface area contributed by atoms with E-state index >= 15 is 0 Å². The van der Waals surface area contributed by atoms with Gasteiger partial charge >= 0.3 is 0 Å². The fraction of sp³-hybridized carbons (Fsp3) is 0.591. The van der Waals surface area contributed by atoms with Crippen LogP contribution in [0, 0.1) is 25.7 Å². The van der Waals surface area contributed by atoms with Gasteiger partial charge in [-0.25, -0.2) is 9.97 Å². The SMILES string of the molecule is Cc1ccc2nc(N3CCC(C(=O)N4C[C@@H]5CC[C@@H]4C5)CC3)nc(C)c2c1. The number of carbonyl (C=O) groups excluding carboxylic acids is 1. The number of rotatable bonds is 2. The molecule has 3 fully saturated rings. The number of nitrogens with zero attached hydrogens (tertiary/aromatic N) is 4. The molecule has 2 aromatic rings. The number of benzene rings is 1. The third kappa shape index (κ3) is 2.97. The second kappa shape index (κ2) is 6.47. The number of hydrogen-bond acceptors (Lipinski definition) is 4. The first-order valence-electron chi connectivity index (χ1n) is 10.4. The first-order valence-corrected chi connectivity index (χ1v) is 10.4. The highest BCUT2D eigenvalue weighted by molar-refractivity contribution is 5.83. The zero-order chi connectivity index (χ0) is 18.5. The molecule has 1 amide bonds. The maximum absolute atomic E-state index is 13.0. The van der Waals surface area contributed by atoms with Gasteiger partial charge < -0.3 is 9.80 Å². The predicted molar refractivity (Wildman–Crippen MR) is 107 cm³/mol. The smallest absolute Gasteiger partial charge is 0.226 e. The van der Waals surface area contributed by atoms with E-state index in [4.69, 9.17) is 9.97 Å². The summed E-state index contributed by atoms with van der Waals surface area (Å²) in [5.41, 5.74) is 3.27. The minimum Gasteiger partial charge on any atom is -0.341 e. The largest absolute Gasteiger partial charge is 0.341 e. The summed E-state index contributed by atoms with van der Waals surface area (Å²) in [5.74, 6) is 2.18. The molecular weight excluding hydrogens is 336 g/mol. The maximum Gasteiger partial charge on any atom is 0.226 e. The van der Waals surface area contributed by atoms with Crippen LogP contribution in [0.2, 0.25) is 0 Å². The van der Waals surface area contributed by atoms with Gasteiger partial charge in [0, 0.05) is 37.0 Å². The summed E-state index contributed by atoms with van der Waals surface area (Å²) < 4.78 is 0. The lowest BCUT2D eigenvalue weighted by atomic mass is 9.94. The van der Waals surface area contributed by atoms with E-state index in [1.165, 1.54) is 24.8 Å². The van der Waals surface area contributed by atoms with Gasteiger partial charge in [0.25, 0.3) is 0 Å². The fourth-order valence-corrected chi connectivity index (χ4v) is 5.28. The van der Waals surface area contributed by atoms with Gasteiger partial charge in [-0.1, -0.05) is 11.6 Å². The van der Waals surface area contributed by atoms with Crippen molar-refractivity contribution in [2.24, 2.45) is 11.8 Å². The molecule has 5 rings (SSSR count). The number of likely N-dealkylation sites (tertiary alicyclic amines) is 1. The van der Waals surface area contributed by atoms with E-state index in [9.17, 15) is 4.79 Å². The number of fused-ring (bicyclic) bond motifs is 3. The Kier molecular flexibility index (Phi) is 4.06. The van der Waals surface area contributed by atoms with Crippen LogP contribution in [0.4, 0.5) is 5.95 Å². The van der Waals surface area contributed by atoms with Gasteiger partial charge in [0.2, 0.25) is 11.9 Å². The second-order valence-corrected chi connectivity index (χ2v) is 8.71. The first-order chi connectivity index (χ1) is 13.1. The van der Waals surface area contributed by atoms with Crippen LogP contribution >= 0.6 is 0 Å². The lowest BCUT2D eigenvalue weighted by Crippen LogP contribution is -2.45. The Balaban J connectivity index is 1.28. The van der Waals surface area contributed by atoms with Gasteiger partial charge in [0.15, 0.2) is 0 Å². The van der Waals surface area contributed by atoms with Crippen LogP contribution in [-0.4, -0.2) is 46.5 Å². The Morgan fingerprint density at radius 3 is 2.59 bits per heavy atom. The highest BCUT2D eigenvalue weighted by Gasteiger charge is 2.42. The molecule has 1 aromatic carbocycles. The van der Waals surface area contributed by atoms with Crippen LogP contribution < -0.4 is 4.90 Å². The number of hydrogen-bond donors (Lipinski definition) is 0. The molecule has 3 aliphatic rings. The molecule has 5 nitrogen and oxygen atoms in total. The molecule has 0 spiro atoms. The molecular formula is C22H28N4O. The lowest BCUT2D eigenvalue weighted by Gasteiger charge is -2.36. The molecule has 1 aromatic heterocycles. The minimum absolute atomic E-state index is 0.185. The maximum atomic E-state index is 13.0. The Bertz CT molecular complexity index is 887. The summed E-state index contributed by atoms with van der Waals surface area (Å²) in [4.78, 5) is 27.0. The number of amides is 1. The number of aromatic nitrogens is 2. The topological polar surface area (TPSA) is 49.3 Å². The highest BCUT2D eigenvalue weighted by atomic mass is 16.2. The van der Waals surface area contributed by atoms with E-state index in [-0.39, 0.29) is 5.92 Å². The number of anilines is 1. The van der Waals surface area contributed by atoms with Crippen LogP contribution in [0.1, 0.15) is 43.4 Å². The Labute approximate surface area is 160 Å². The van der Waals surface area contributed by atoms with Crippen LogP contribution in [-0.2, 0) is 4.79 Å². The second-order valence-electron chi connectivity index (χ2n) is 8.71. The van der Waals surface area contributed by atoms with Gasteiger partial charge in [-0.2, -0.15) is 0 Å². The fourth-order valence-electron chi connectivity index (χ4n) is 5.28. The molecule has 2 atom stereocenters. The van der Waals surface area contributed by atoms with E-state index in [1.54, 1.807) is 0 Å². The van der Waals surface area contributed by atoms with Crippen molar-refractivity contribution < 1.29 is 4.79 Å². The van der Waals surface area contributed by atoms with Gasteiger partial charge in [-0.3, -0.25) is 4.79 Å². The van der Waals surface area contributed by atoms with Gasteiger partial charge in [-0.15, -0.1) is 0 Å². The van der Waals surface area contributed by atoms with E-state index in [0.717, 1.165) is 60.9 Å². The Morgan fingerprint density at radius 1 is 1.07 bits per heavy atom. The van der Waals surface area contributed by atoms with Crippen molar-refractivity contribution >= 4 is 22.8 Å². The summed E-state index contributed by atoms with van der Waals surface area (Å²) in [5, 5.41) is 1.13. The summed E-state index contributed by atoms with van der Waals surface area (Å²) in [6.07, 6.45) is 5.63. The number of aryl methyl sites for hydroxylation is 2. The molecule has 142 valence electrons. The van der Waals surface area contributed by atoms with Crippen molar-refractivity contribution in [2.45, 2.75) is 52.0 Å². The standard InChI is InChI=1S/C22H28N4O/c1-14-3-6-20-19(11-14)15(2)23-22(24-20)25-9-7-17(8-10-25)21(27)26-13-16-4-5-18(26)12-16/h3,6,11,16-18H,4-5,7-10,12-13H2,1-2H3/t16-,18-/m1/s1. The monoisotopic (exact) mass is 364 g/mol. The minimum atomic E-state index is 0.185. The molecule has 0 N–H and O–H groups in total. The van der Waals surface area contributed by atoms with Crippen LogP contribution in [0.5, 0.6) is 0 Å². The van der Waals surface area contributed by atoms with Crippen LogP contribution in [0.3, 0.4) is 0 Å². The zero-order valence-corrected chi connectivity index (χ0v) is 16.3. The van der Waals surface area contributed by atoms with Crippen LogP contribution in [0.15, 0.2) is 18.2 Å². The molecule has 27 heavy (non-hydrogen) atoms. The Morgan fingerprint density at radius 2 is 1.89 bits per heavy atom. The zero-order valence-electron chi connectivity index (χ0n) is 16.3. The summed E-state index contributed by atoms with van der Waals surface area (Å²) in [6.45, 7) is 6.91. The molecule has 3 heterocycles. The van der Waals surface area contributed by atoms with Gasteiger partial charge in [-0.05, 0) is 64.0 Å². The summed E-state index contributed by atoms with van der Waals surface area (Å²) in [7, 11) is 0. The predicted octanol–water partition coefficient (Wildman–Crippen LogP) is 3.47. The van der Waals surface area contributed by atoms with Crippen molar-refractivity contribution in [1.82, 2.24) is 14.9 Å². The quantitative estimate of drug-likeness (QED) is 0.819. The molecule has 1 aliphatic carbocycles. The summed E-state index contributed by atoms with van der Waals surface area (Å²) in [6, 6.07) is 6.88. The number of piperidine rings is 2. The van der Waals surface area contributed by atoms with Crippen molar-refractivity contribution in [1.29, 1.82) is 0 Å². The average Bonchev–Trinajstić information content (AvgIpc) is 3.31. The third-order valence-corrected chi connectivity index (χ3v) is 6.85. The van der Waals surface area contributed by atoms with Gasteiger partial charge in [0.1, 0.15) is 0 Å². The molecule has 2 aliphatic heterocycles. The lowest BCUT2D eigenvalue weighted by molar-refractivity contribution is -0.137. The first kappa shape index (κ1) is 17.0. The normalized spacial score (nSPS) is 25.6. The molecule has 0 radical (unpaired) electrons. The van der Waals surface area contributed by atoms with E-state index in [1.807, 2.05) is 0 Å². The molecule has 2 saturated heterocycles. The van der Waals surface area contributed by atoms with E-state index in [2.05, 4.69) is 41.8 Å². The van der Waals surface area contributed by atoms with E-state index < -0.39 is 0 Å². The Hall–Kier alpha value is -2.17. The number of carbonyl (C=O) groups is 1. The van der Waals surface area contributed by atoms with Crippen LogP contribution in [0.25, 0.3) is 10.9 Å². The third-order valence-electron chi connectivity index (χ3n) is 6.85. The van der Waals surface area contributed by atoms with E-state index in [0.29, 0.717) is 11.9 Å². The molecule has 2 bridgehead atoms. The highest BCUT2D eigenvalue weighted by Crippen LogP contribution is 2.39. The van der Waals surface area contributed by atoms with Crippen molar-refractivity contribution in [2.75, 3.05) is 24.5 Å². The van der Waals surface area contributed by atoms with Crippen molar-refractivity contribution in [3.63, 3.8) is 0 Å². The van der Waals surface area contributed by atoms with Crippen molar-refractivity contribution in [3.05, 3.63) is 29.5 Å². The molecule has 5 heteroatoms. The van der Waals surface area contributed by atoms with Crippen molar-refractivity contribution in [3.8, 4) is 0 Å². The summed E-state index contributed by atoms with van der Waals surface area (Å²) >= 11 is 0. The molecule has 1 saturated carbocycles. The molecule has 0 unspecified atom stereocenters.